The van der Waals surface area contributed by atoms with E-state index in [0.29, 0.717) is 6.54 Å². The van der Waals surface area contributed by atoms with Crippen molar-refractivity contribution in [3.8, 4) is 0 Å². The van der Waals surface area contributed by atoms with E-state index >= 15 is 0 Å². The highest BCUT2D eigenvalue weighted by molar-refractivity contribution is 7.98. The van der Waals surface area contributed by atoms with E-state index in [-0.39, 0.29) is 5.91 Å². The molecule has 4 heteroatoms. The highest BCUT2D eigenvalue weighted by atomic mass is 35.5. The average molecular weight is 348 g/mol. The molecule has 2 rings (SSSR count). The molecule has 2 aromatic carbocycles. The van der Waals surface area contributed by atoms with Crippen molar-refractivity contribution in [3.05, 3.63) is 69.2 Å². The van der Waals surface area contributed by atoms with E-state index in [0.717, 1.165) is 38.8 Å². The Bertz CT molecular complexity index is 700. The fraction of sp³-hybridized carbons (Fsp3) is 0.316. The number of rotatable bonds is 6. The molecule has 0 saturated heterocycles. The van der Waals surface area contributed by atoms with E-state index in [2.05, 4.69) is 18.3 Å². The highest BCUT2D eigenvalue weighted by Crippen LogP contribution is 2.20. The lowest BCUT2D eigenvalue weighted by atomic mass is 10.0. The van der Waals surface area contributed by atoms with E-state index in [1.165, 1.54) is 5.56 Å². The van der Waals surface area contributed by atoms with Crippen molar-refractivity contribution in [1.29, 1.82) is 0 Å². The van der Waals surface area contributed by atoms with Gasteiger partial charge < -0.3 is 5.32 Å². The Balaban J connectivity index is 1.79. The molecule has 0 bridgehead atoms. The third-order valence-electron chi connectivity index (χ3n) is 3.83. The van der Waals surface area contributed by atoms with E-state index in [1.54, 1.807) is 11.8 Å². The summed E-state index contributed by atoms with van der Waals surface area (Å²) >= 11 is 7.90. The van der Waals surface area contributed by atoms with Crippen molar-refractivity contribution >= 4 is 29.3 Å². The van der Waals surface area contributed by atoms with E-state index in [4.69, 9.17) is 11.6 Å². The number of carbonyl (C=O) groups excluding carboxylic acids is 1. The van der Waals surface area contributed by atoms with E-state index in [1.807, 2.05) is 44.2 Å². The minimum absolute atomic E-state index is 0.00365. The number of amides is 1. The summed E-state index contributed by atoms with van der Waals surface area (Å²) in [7, 11) is 0. The summed E-state index contributed by atoms with van der Waals surface area (Å²) in [5.41, 5.74) is 5.29. The topological polar surface area (TPSA) is 29.1 Å². The van der Waals surface area contributed by atoms with Crippen molar-refractivity contribution in [2.75, 3.05) is 12.3 Å². The van der Waals surface area contributed by atoms with Gasteiger partial charge in [0.2, 0.25) is 0 Å². The van der Waals surface area contributed by atoms with E-state index in [9.17, 15) is 4.79 Å². The zero-order chi connectivity index (χ0) is 16.8. The van der Waals surface area contributed by atoms with Gasteiger partial charge in [-0.15, -0.1) is 0 Å². The van der Waals surface area contributed by atoms with Crippen molar-refractivity contribution in [2.24, 2.45) is 0 Å². The molecule has 0 aliphatic carbocycles. The molecule has 0 aliphatic heterocycles. The average Bonchev–Trinajstić information content (AvgIpc) is 2.52. The lowest BCUT2D eigenvalue weighted by molar-refractivity contribution is 0.0955. The highest BCUT2D eigenvalue weighted by Gasteiger charge is 2.10. The second-order valence-corrected chi connectivity index (χ2v) is 7.16. The van der Waals surface area contributed by atoms with Crippen LogP contribution >= 0.6 is 23.4 Å². The number of thioether (sulfide) groups is 1. The fourth-order valence-corrected chi connectivity index (χ4v) is 3.48. The van der Waals surface area contributed by atoms with Gasteiger partial charge in [0.25, 0.3) is 5.91 Å². The van der Waals surface area contributed by atoms with E-state index < -0.39 is 0 Å². The van der Waals surface area contributed by atoms with Crippen LogP contribution in [-0.4, -0.2) is 18.2 Å². The summed E-state index contributed by atoms with van der Waals surface area (Å²) in [5.74, 6) is 1.72. The lowest BCUT2D eigenvalue weighted by Crippen LogP contribution is -2.26. The molecule has 23 heavy (non-hydrogen) atoms. The van der Waals surface area contributed by atoms with Crippen LogP contribution in [0.5, 0.6) is 0 Å². The molecule has 0 heterocycles. The number of halogens is 1. The Kier molecular flexibility index (Phi) is 6.55. The molecule has 0 radical (unpaired) electrons. The standard InChI is InChI=1S/C19H22ClNOS/c1-13-10-15(3)17(11-14(13)2)19(22)21-8-9-23-12-16-6-4-5-7-18(16)20/h4-7,10-11H,8-9,12H2,1-3H3,(H,21,22). The first-order chi connectivity index (χ1) is 11.0. The first-order valence-corrected chi connectivity index (χ1v) is 9.19. The Morgan fingerprint density at radius 3 is 2.52 bits per heavy atom. The summed E-state index contributed by atoms with van der Waals surface area (Å²) in [5, 5.41) is 3.80. The molecule has 2 nitrogen and oxygen atoms in total. The van der Waals surface area contributed by atoms with Crippen molar-refractivity contribution in [2.45, 2.75) is 26.5 Å². The van der Waals surface area contributed by atoms with Gasteiger partial charge in [-0.2, -0.15) is 11.8 Å². The minimum Gasteiger partial charge on any atom is -0.351 e. The predicted octanol–water partition coefficient (Wildman–Crippen LogP) is 4.93. The molecule has 0 atom stereocenters. The SMILES string of the molecule is Cc1cc(C)c(C(=O)NCCSCc2ccccc2Cl)cc1C. The smallest absolute Gasteiger partial charge is 0.251 e. The van der Waals surface area contributed by atoms with Crippen LogP contribution < -0.4 is 5.32 Å². The molecule has 0 saturated carbocycles. The third-order valence-corrected chi connectivity index (χ3v) is 5.21. The quantitative estimate of drug-likeness (QED) is 0.751. The maximum Gasteiger partial charge on any atom is 0.251 e. The number of carbonyl (C=O) groups is 1. The Morgan fingerprint density at radius 2 is 1.78 bits per heavy atom. The van der Waals surface area contributed by atoms with Crippen LogP contribution in [0.4, 0.5) is 0 Å². The molecule has 0 aliphatic rings. The molecule has 0 spiro atoms. The number of hydrogen-bond acceptors (Lipinski definition) is 2. The van der Waals surface area contributed by atoms with Gasteiger partial charge in [0.15, 0.2) is 0 Å². The van der Waals surface area contributed by atoms with Gasteiger partial charge in [-0.05, 0) is 55.2 Å². The van der Waals surface area contributed by atoms with Crippen LogP contribution in [0, 0.1) is 20.8 Å². The van der Waals surface area contributed by atoms with Crippen LogP contribution in [0.2, 0.25) is 5.02 Å². The number of aryl methyl sites for hydroxylation is 3. The Hall–Kier alpha value is -1.45. The predicted molar refractivity (Wildman–Crippen MR) is 101 cm³/mol. The maximum absolute atomic E-state index is 12.3. The fourth-order valence-electron chi connectivity index (χ4n) is 2.33. The Labute approximate surface area is 147 Å². The zero-order valence-electron chi connectivity index (χ0n) is 13.8. The molecule has 1 amide bonds. The first-order valence-electron chi connectivity index (χ1n) is 7.66. The van der Waals surface area contributed by atoms with Gasteiger partial charge in [0.05, 0.1) is 0 Å². The van der Waals surface area contributed by atoms with Gasteiger partial charge in [-0.1, -0.05) is 35.9 Å². The second kappa shape index (κ2) is 8.42. The van der Waals surface area contributed by atoms with Crippen LogP contribution in [0.3, 0.4) is 0 Å². The van der Waals surface area contributed by atoms with Crippen molar-refractivity contribution in [3.63, 3.8) is 0 Å². The number of hydrogen-bond donors (Lipinski definition) is 1. The van der Waals surface area contributed by atoms with Gasteiger partial charge >= 0.3 is 0 Å². The zero-order valence-corrected chi connectivity index (χ0v) is 15.4. The summed E-state index contributed by atoms with van der Waals surface area (Å²) in [6, 6.07) is 11.9. The summed E-state index contributed by atoms with van der Waals surface area (Å²) < 4.78 is 0. The molecule has 0 unspecified atom stereocenters. The molecular formula is C19H22ClNOS. The van der Waals surface area contributed by atoms with Gasteiger partial charge in [0, 0.05) is 28.6 Å². The maximum atomic E-state index is 12.3. The van der Waals surface area contributed by atoms with Gasteiger partial charge in [-0.3, -0.25) is 4.79 Å². The normalized spacial score (nSPS) is 10.6. The summed E-state index contributed by atoms with van der Waals surface area (Å²) in [6.07, 6.45) is 0. The Morgan fingerprint density at radius 1 is 1.09 bits per heavy atom. The summed E-state index contributed by atoms with van der Waals surface area (Å²) in [6.45, 7) is 6.73. The lowest BCUT2D eigenvalue weighted by Gasteiger charge is -2.10. The molecule has 0 aromatic heterocycles. The molecule has 0 fully saturated rings. The molecule has 2 aromatic rings. The molecular weight excluding hydrogens is 326 g/mol. The van der Waals surface area contributed by atoms with Crippen LogP contribution in [0.25, 0.3) is 0 Å². The van der Waals surface area contributed by atoms with Crippen molar-refractivity contribution < 1.29 is 4.79 Å². The number of benzene rings is 2. The van der Waals surface area contributed by atoms with Gasteiger partial charge in [-0.25, -0.2) is 0 Å². The van der Waals surface area contributed by atoms with Crippen molar-refractivity contribution in [1.82, 2.24) is 5.32 Å². The molecule has 122 valence electrons. The van der Waals surface area contributed by atoms with Crippen LogP contribution in [-0.2, 0) is 5.75 Å². The second-order valence-electron chi connectivity index (χ2n) is 5.65. The minimum atomic E-state index is 0.00365. The molecule has 1 N–H and O–H groups in total. The van der Waals surface area contributed by atoms with Crippen LogP contribution in [0.1, 0.15) is 32.6 Å². The summed E-state index contributed by atoms with van der Waals surface area (Å²) in [4.78, 5) is 12.3. The first kappa shape index (κ1) is 17.9. The number of nitrogens with one attached hydrogen (secondary N) is 1. The van der Waals surface area contributed by atoms with Crippen LogP contribution in [0.15, 0.2) is 36.4 Å². The largest absolute Gasteiger partial charge is 0.351 e. The monoisotopic (exact) mass is 347 g/mol. The van der Waals surface area contributed by atoms with Gasteiger partial charge in [0.1, 0.15) is 0 Å². The third kappa shape index (κ3) is 5.02.